The van der Waals surface area contributed by atoms with E-state index < -0.39 is 0 Å². The molecule has 0 aliphatic heterocycles. The molecule has 0 atom stereocenters. The van der Waals surface area contributed by atoms with Crippen LogP contribution in [0, 0.1) is 0 Å². The molecule has 0 saturated carbocycles. The Balaban J connectivity index is 1.66. The zero-order valence-electron chi connectivity index (χ0n) is 21.0. The number of fused-ring (bicyclic) bond motifs is 1. The summed E-state index contributed by atoms with van der Waals surface area (Å²) in [5.41, 5.74) is 2.13. The standard InChI is InChI=1S/C28H27ClN2O6/c1-33-24-12-17-9-10-30-23(21(17)14-26(24)35-3)11-18-13-25(34-2)27(36-4)15-22(18)31-28(32)16-37-20-7-5-19(29)6-8-20/h5-10,12-15H,11,16H2,1-4H3,(H,31,32). The highest BCUT2D eigenvalue weighted by atomic mass is 35.5. The molecule has 1 N–H and O–H groups in total. The third kappa shape index (κ3) is 5.98. The Bertz CT molecular complexity index is 1410. The molecule has 3 aromatic carbocycles. The number of anilines is 1. The van der Waals surface area contributed by atoms with E-state index in [1.807, 2.05) is 24.3 Å². The van der Waals surface area contributed by atoms with Crippen molar-refractivity contribution < 1.29 is 28.5 Å². The number of nitrogens with zero attached hydrogens (tertiary/aromatic N) is 1. The van der Waals surface area contributed by atoms with E-state index in [1.165, 1.54) is 0 Å². The maximum Gasteiger partial charge on any atom is 0.262 e. The van der Waals surface area contributed by atoms with Crippen molar-refractivity contribution in [3.05, 3.63) is 77.1 Å². The first-order valence-corrected chi connectivity index (χ1v) is 11.8. The zero-order chi connectivity index (χ0) is 26.4. The van der Waals surface area contributed by atoms with Gasteiger partial charge in [0.05, 0.1) is 34.1 Å². The first-order chi connectivity index (χ1) is 17.9. The number of methoxy groups -OCH3 is 4. The van der Waals surface area contributed by atoms with Crippen LogP contribution in [0.3, 0.4) is 0 Å². The number of carbonyl (C=O) groups is 1. The predicted molar refractivity (Wildman–Crippen MR) is 143 cm³/mol. The second kappa shape index (κ2) is 11.7. The molecule has 0 aliphatic rings. The quantitative estimate of drug-likeness (QED) is 0.293. The van der Waals surface area contributed by atoms with Crippen molar-refractivity contribution in [2.75, 3.05) is 40.4 Å². The summed E-state index contributed by atoms with van der Waals surface area (Å²) in [5.74, 6) is 2.46. The molecule has 0 unspecified atom stereocenters. The Morgan fingerprint density at radius 1 is 0.838 bits per heavy atom. The number of pyridine rings is 1. The van der Waals surface area contributed by atoms with Crippen LogP contribution in [0.15, 0.2) is 60.8 Å². The summed E-state index contributed by atoms with van der Waals surface area (Å²) in [7, 11) is 6.29. The molecule has 4 aromatic rings. The van der Waals surface area contributed by atoms with Crippen molar-refractivity contribution in [1.82, 2.24) is 4.98 Å². The fourth-order valence-electron chi connectivity index (χ4n) is 3.93. The molecule has 0 spiro atoms. The predicted octanol–water partition coefficient (Wildman–Crippen LogP) is 5.53. The smallest absolute Gasteiger partial charge is 0.262 e. The normalized spacial score (nSPS) is 10.6. The SMILES string of the molecule is COc1cc(Cc2nccc3cc(OC)c(OC)cc23)c(NC(=O)COc2ccc(Cl)cc2)cc1OC. The van der Waals surface area contributed by atoms with Gasteiger partial charge in [0.15, 0.2) is 29.6 Å². The first-order valence-electron chi connectivity index (χ1n) is 11.4. The van der Waals surface area contributed by atoms with Gasteiger partial charge in [-0.2, -0.15) is 0 Å². The van der Waals surface area contributed by atoms with Gasteiger partial charge >= 0.3 is 0 Å². The lowest BCUT2D eigenvalue weighted by molar-refractivity contribution is -0.118. The van der Waals surface area contributed by atoms with Gasteiger partial charge < -0.3 is 29.0 Å². The highest BCUT2D eigenvalue weighted by Gasteiger charge is 2.17. The number of hydrogen-bond acceptors (Lipinski definition) is 7. The van der Waals surface area contributed by atoms with Gasteiger partial charge in [-0.05, 0) is 59.5 Å². The number of ether oxygens (including phenoxy) is 5. The van der Waals surface area contributed by atoms with Crippen molar-refractivity contribution in [2.24, 2.45) is 0 Å². The monoisotopic (exact) mass is 522 g/mol. The Labute approximate surface area is 220 Å². The second-order valence-electron chi connectivity index (χ2n) is 8.02. The molecular formula is C28H27ClN2O6. The van der Waals surface area contributed by atoms with E-state index in [9.17, 15) is 4.79 Å². The van der Waals surface area contributed by atoms with Gasteiger partial charge in [0.2, 0.25) is 0 Å². The van der Waals surface area contributed by atoms with E-state index in [-0.39, 0.29) is 12.5 Å². The number of hydrogen-bond donors (Lipinski definition) is 1. The third-order valence-corrected chi connectivity index (χ3v) is 6.03. The van der Waals surface area contributed by atoms with E-state index in [1.54, 1.807) is 65.0 Å². The fourth-order valence-corrected chi connectivity index (χ4v) is 4.06. The van der Waals surface area contributed by atoms with Crippen molar-refractivity contribution in [3.8, 4) is 28.7 Å². The van der Waals surface area contributed by atoms with Crippen molar-refractivity contribution in [2.45, 2.75) is 6.42 Å². The van der Waals surface area contributed by atoms with Crippen LogP contribution in [0.25, 0.3) is 10.8 Å². The van der Waals surface area contributed by atoms with Crippen LogP contribution in [-0.4, -0.2) is 45.9 Å². The summed E-state index contributed by atoms with van der Waals surface area (Å²) >= 11 is 5.91. The first kappa shape index (κ1) is 25.9. The van der Waals surface area contributed by atoms with Gasteiger partial charge in [-0.1, -0.05) is 11.6 Å². The largest absolute Gasteiger partial charge is 0.493 e. The van der Waals surface area contributed by atoms with Gasteiger partial charge in [-0.15, -0.1) is 0 Å². The highest BCUT2D eigenvalue weighted by molar-refractivity contribution is 6.30. The molecule has 0 fully saturated rings. The Morgan fingerprint density at radius 2 is 1.46 bits per heavy atom. The summed E-state index contributed by atoms with van der Waals surface area (Å²) < 4.78 is 27.5. The lowest BCUT2D eigenvalue weighted by atomic mass is 10.0. The fraction of sp³-hybridized carbons (Fsp3) is 0.214. The Morgan fingerprint density at radius 3 is 2.14 bits per heavy atom. The van der Waals surface area contributed by atoms with Gasteiger partial charge in [0.1, 0.15) is 5.75 Å². The second-order valence-corrected chi connectivity index (χ2v) is 8.45. The average Bonchev–Trinajstić information content (AvgIpc) is 2.92. The molecule has 8 nitrogen and oxygen atoms in total. The van der Waals surface area contributed by atoms with Crippen molar-refractivity contribution in [3.63, 3.8) is 0 Å². The van der Waals surface area contributed by atoms with Crippen molar-refractivity contribution >= 4 is 34.0 Å². The minimum Gasteiger partial charge on any atom is -0.493 e. The minimum atomic E-state index is -0.333. The molecule has 192 valence electrons. The molecule has 0 radical (unpaired) electrons. The van der Waals surface area contributed by atoms with Crippen LogP contribution >= 0.6 is 11.6 Å². The molecule has 0 saturated heterocycles. The number of benzene rings is 3. The van der Waals surface area contributed by atoms with E-state index >= 15 is 0 Å². The topological polar surface area (TPSA) is 88.1 Å². The summed E-state index contributed by atoms with van der Waals surface area (Å²) in [6.45, 7) is -0.182. The number of nitrogens with one attached hydrogen (secondary N) is 1. The maximum absolute atomic E-state index is 12.8. The Kier molecular flexibility index (Phi) is 8.20. The molecular weight excluding hydrogens is 496 g/mol. The third-order valence-electron chi connectivity index (χ3n) is 5.78. The van der Waals surface area contributed by atoms with E-state index in [2.05, 4.69) is 10.3 Å². The molecule has 9 heteroatoms. The van der Waals surface area contributed by atoms with Crippen LogP contribution in [-0.2, 0) is 11.2 Å². The van der Waals surface area contributed by atoms with Gasteiger partial charge in [-0.3, -0.25) is 9.78 Å². The van der Waals surface area contributed by atoms with E-state index in [4.69, 9.17) is 35.3 Å². The molecule has 37 heavy (non-hydrogen) atoms. The maximum atomic E-state index is 12.8. The molecule has 0 bridgehead atoms. The zero-order valence-corrected chi connectivity index (χ0v) is 21.7. The summed E-state index contributed by atoms with van der Waals surface area (Å²) in [6.07, 6.45) is 2.14. The number of carbonyl (C=O) groups excluding carboxylic acids is 1. The number of rotatable bonds is 10. The van der Waals surface area contributed by atoms with Gasteiger partial charge in [0, 0.05) is 34.8 Å². The summed E-state index contributed by atoms with van der Waals surface area (Å²) in [4.78, 5) is 17.4. The lowest BCUT2D eigenvalue weighted by Crippen LogP contribution is -2.21. The summed E-state index contributed by atoms with van der Waals surface area (Å²) in [5, 5.41) is 5.37. The lowest BCUT2D eigenvalue weighted by Gasteiger charge is -2.17. The number of aromatic nitrogens is 1. The van der Waals surface area contributed by atoms with Crippen LogP contribution in [0.2, 0.25) is 5.02 Å². The van der Waals surface area contributed by atoms with Crippen LogP contribution in [0.5, 0.6) is 28.7 Å². The molecule has 0 aliphatic carbocycles. The van der Waals surface area contributed by atoms with Crippen LogP contribution in [0.1, 0.15) is 11.3 Å². The Hall–Kier alpha value is -4.17. The van der Waals surface area contributed by atoms with Crippen LogP contribution < -0.4 is 29.0 Å². The van der Waals surface area contributed by atoms with Crippen LogP contribution in [0.4, 0.5) is 5.69 Å². The van der Waals surface area contributed by atoms with Gasteiger partial charge in [-0.25, -0.2) is 0 Å². The average molecular weight is 523 g/mol. The number of amides is 1. The molecule has 1 heterocycles. The molecule has 4 rings (SSSR count). The van der Waals surface area contributed by atoms with E-state index in [0.717, 1.165) is 22.0 Å². The van der Waals surface area contributed by atoms with Crippen molar-refractivity contribution in [1.29, 1.82) is 0 Å². The number of halogens is 1. The molecule has 1 amide bonds. The molecule has 1 aromatic heterocycles. The van der Waals surface area contributed by atoms with E-state index in [0.29, 0.717) is 45.9 Å². The minimum absolute atomic E-state index is 0.182. The summed E-state index contributed by atoms with van der Waals surface area (Å²) in [6, 6.07) is 16.1. The van der Waals surface area contributed by atoms with Gasteiger partial charge in [0.25, 0.3) is 5.91 Å². The highest BCUT2D eigenvalue weighted by Crippen LogP contribution is 2.37.